The maximum absolute atomic E-state index is 6.67. The Kier molecular flexibility index (Phi) is 8.85. The van der Waals surface area contributed by atoms with E-state index in [2.05, 4.69) is 12.3 Å². The SMILES string of the molecule is CCCCCCCCN[NH]. The van der Waals surface area contributed by atoms with Crippen LogP contribution in [-0.4, -0.2) is 6.54 Å². The van der Waals surface area contributed by atoms with Gasteiger partial charge in [-0.1, -0.05) is 39.0 Å². The average Bonchev–Trinajstić information content (AvgIpc) is 1.97. The molecule has 1 radical (unpaired) electrons. The van der Waals surface area contributed by atoms with E-state index in [0.29, 0.717) is 0 Å². The summed E-state index contributed by atoms with van der Waals surface area (Å²) in [4.78, 5) is 0. The summed E-state index contributed by atoms with van der Waals surface area (Å²) >= 11 is 0. The van der Waals surface area contributed by atoms with Crippen LogP contribution in [0.4, 0.5) is 0 Å². The predicted octanol–water partition coefficient (Wildman–Crippen LogP) is 2.13. The third-order valence-corrected chi connectivity index (χ3v) is 1.66. The highest BCUT2D eigenvalue weighted by Gasteiger charge is 1.87. The molecule has 0 rings (SSSR count). The van der Waals surface area contributed by atoms with E-state index >= 15 is 0 Å². The standard InChI is InChI=1S/C8H19N2/c1-2-3-4-5-6-7-8-10-9/h9-10H,2-8H2,1H3. The number of hydrogen-bond donors (Lipinski definition) is 1. The van der Waals surface area contributed by atoms with Crippen molar-refractivity contribution in [1.82, 2.24) is 11.3 Å². The van der Waals surface area contributed by atoms with Gasteiger partial charge in [-0.15, -0.1) is 0 Å². The lowest BCUT2D eigenvalue weighted by Crippen LogP contribution is -2.10. The van der Waals surface area contributed by atoms with Crippen LogP contribution in [0.1, 0.15) is 45.4 Å². The fraction of sp³-hybridized carbons (Fsp3) is 1.00. The summed E-state index contributed by atoms with van der Waals surface area (Å²) < 4.78 is 0. The van der Waals surface area contributed by atoms with Crippen LogP contribution in [0.15, 0.2) is 0 Å². The molecule has 0 saturated heterocycles. The summed E-state index contributed by atoms with van der Waals surface area (Å²) in [6.07, 6.45) is 7.84. The molecular weight excluding hydrogens is 124 g/mol. The minimum absolute atomic E-state index is 0.853. The first kappa shape index (κ1) is 9.92. The highest BCUT2D eigenvalue weighted by Crippen LogP contribution is 2.03. The maximum atomic E-state index is 6.67. The van der Waals surface area contributed by atoms with Crippen LogP contribution in [-0.2, 0) is 0 Å². The van der Waals surface area contributed by atoms with Gasteiger partial charge in [0.05, 0.1) is 0 Å². The Balaban J connectivity index is 2.65. The summed E-state index contributed by atoms with van der Waals surface area (Å²) in [7, 11) is 0. The molecule has 2 nitrogen and oxygen atoms in total. The molecule has 0 fully saturated rings. The molecule has 0 aliphatic carbocycles. The van der Waals surface area contributed by atoms with E-state index in [4.69, 9.17) is 5.84 Å². The first-order valence-corrected chi connectivity index (χ1v) is 4.31. The molecule has 0 amide bonds. The van der Waals surface area contributed by atoms with Crippen molar-refractivity contribution in [3.63, 3.8) is 0 Å². The molecule has 0 atom stereocenters. The minimum Gasteiger partial charge on any atom is -0.243 e. The molecule has 0 unspecified atom stereocenters. The predicted molar refractivity (Wildman–Crippen MR) is 44.5 cm³/mol. The Morgan fingerprint density at radius 3 is 2.20 bits per heavy atom. The lowest BCUT2D eigenvalue weighted by molar-refractivity contribution is 0.575. The second kappa shape index (κ2) is 8.92. The molecule has 0 spiro atoms. The summed E-state index contributed by atoms with van der Waals surface area (Å²) in [6.45, 7) is 3.08. The van der Waals surface area contributed by atoms with E-state index in [0.717, 1.165) is 13.0 Å². The molecule has 0 aromatic carbocycles. The number of nitrogens with one attached hydrogen (secondary N) is 2. The molecule has 10 heavy (non-hydrogen) atoms. The van der Waals surface area contributed by atoms with Crippen LogP contribution in [0.3, 0.4) is 0 Å². The topological polar surface area (TPSA) is 35.8 Å². The average molecular weight is 143 g/mol. The fourth-order valence-electron chi connectivity index (χ4n) is 0.994. The molecule has 2 N–H and O–H groups in total. The quantitative estimate of drug-likeness (QED) is 0.430. The molecule has 0 saturated carbocycles. The molecule has 0 aromatic rings. The number of rotatable bonds is 7. The van der Waals surface area contributed by atoms with Gasteiger partial charge < -0.3 is 0 Å². The van der Waals surface area contributed by atoms with E-state index in [-0.39, 0.29) is 0 Å². The van der Waals surface area contributed by atoms with E-state index in [1.165, 1.54) is 32.1 Å². The van der Waals surface area contributed by atoms with E-state index in [1.54, 1.807) is 0 Å². The van der Waals surface area contributed by atoms with Gasteiger partial charge >= 0.3 is 0 Å². The molecule has 0 heterocycles. The molecule has 0 aliphatic heterocycles. The highest BCUT2D eigenvalue weighted by molar-refractivity contribution is 4.44. The second-order valence-corrected chi connectivity index (χ2v) is 2.69. The third kappa shape index (κ3) is 7.92. The lowest BCUT2D eigenvalue weighted by Gasteiger charge is -1.98. The fourth-order valence-corrected chi connectivity index (χ4v) is 0.994. The normalized spacial score (nSPS) is 10.2. The Labute approximate surface area is 64.2 Å². The van der Waals surface area contributed by atoms with Gasteiger partial charge in [-0.2, -0.15) is 5.84 Å². The summed E-state index contributed by atoms with van der Waals surface area (Å²) in [5.74, 6) is 6.67. The molecular formula is C8H19N2. The summed E-state index contributed by atoms with van der Waals surface area (Å²) in [5, 5.41) is 0. The van der Waals surface area contributed by atoms with Crippen molar-refractivity contribution in [1.29, 1.82) is 0 Å². The molecule has 0 aromatic heterocycles. The van der Waals surface area contributed by atoms with Gasteiger partial charge in [-0.3, -0.25) is 0 Å². The number of hydrogen-bond acceptors (Lipinski definition) is 1. The second-order valence-electron chi connectivity index (χ2n) is 2.69. The molecule has 61 valence electrons. The van der Waals surface area contributed by atoms with Crippen molar-refractivity contribution in [2.45, 2.75) is 45.4 Å². The van der Waals surface area contributed by atoms with Gasteiger partial charge in [-0.25, -0.2) is 5.43 Å². The molecule has 0 bridgehead atoms. The zero-order chi connectivity index (χ0) is 7.66. The number of unbranched alkanes of at least 4 members (excludes halogenated alkanes) is 5. The zero-order valence-corrected chi connectivity index (χ0v) is 6.95. The van der Waals surface area contributed by atoms with Crippen LogP contribution in [0.2, 0.25) is 0 Å². The van der Waals surface area contributed by atoms with Gasteiger partial charge in [0.2, 0.25) is 0 Å². The van der Waals surface area contributed by atoms with E-state index in [1.807, 2.05) is 0 Å². The van der Waals surface area contributed by atoms with Gasteiger partial charge in [0.1, 0.15) is 0 Å². The van der Waals surface area contributed by atoms with Crippen molar-refractivity contribution in [3.8, 4) is 0 Å². The van der Waals surface area contributed by atoms with Crippen molar-refractivity contribution < 1.29 is 0 Å². The van der Waals surface area contributed by atoms with Crippen LogP contribution in [0.25, 0.3) is 0 Å². The summed E-state index contributed by atoms with van der Waals surface area (Å²) in [5.41, 5.74) is 2.41. The largest absolute Gasteiger partial charge is 0.243 e. The third-order valence-electron chi connectivity index (χ3n) is 1.66. The smallest absolute Gasteiger partial charge is 0.0113 e. The van der Waals surface area contributed by atoms with Crippen LogP contribution in [0.5, 0.6) is 0 Å². The van der Waals surface area contributed by atoms with Crippen LogP contribution < -0.4 is 11.3 Å². The van der Waals surface area contributed by atoms with Gasteiger partial charge in [0.15, 0.2) is 0 Å². The van der Waals surface area contributed by atoms with Crippen molar-refractivity contribution in [3.05, 3.63) is 0 Å². The first-order chi connectivity index (χ1) is 4.91. The van der Waals surface area contributed by atoms with Gasteiger partial charge in [0, 0.05) is 6.54 Å². The van der Waals surface area contributed by atoms with Gasteiger partial charge in [0.25, 0.3) is 0 Å². The lowest BCUT2D eigenvalue weighted by atomic mass is 10.1. The Morgan fingerprint density at radius 1 is 1.00 bits per heavy atom. The molecule has 0 aliphatic rings. The van der Waals surface area contributed by atoms with Crippen LogP contribution in [0, 0.1) is 0 Å². The van der Waals surface area contributed by atoms with Crippen molar-refractivity contribution in [2.75, 3.05) is 6.54 Å². The van der Waals surface area contributed by atoms with E-state index in [9.17, 15) is 0 Å². The molecule has 2 heteroatoms. The Morgan fingerprint density at radius 2 is 1.60 bits per heavy atom. The van der Waals surface area contributed by atoms with Crippen molar-refractivity contribution in [2.24, 2.45) is 0 Å². The van der Waals surface area contributed by atoms with Gasteiger partial charge in [-0.05, 0) is 6.42 Å². The van der Waals surface area contributed by atoms with Crippen molar-refractivity contribution >= 4 is 0 Å². The highest BCUT2D eigenvalue weighted by atomic mass is 15.2. The Hall–Kier alpha value is -0.0800. The zero-order valence-electron chi connectivity index (χ0n) is 6.95. The van der Waals surface area contributed by atoms with Crippen LogP contribution >= 0.6 is 0 Å². The Bertz CT molecular complexity index is 47.2. The van der Waals surface area contributed by atoms with E-state index < -0.39 is 0 Å². The monoisotopic (exact) mass is 143 g/mol. The summed E-state index contributed by atoms with van der Waals surface area (Å²) in [6, 6.07) is 0. The maximum Gasteiger partial charge on any atom is 0.0113 e. The minimum atomic E-state index is 0.853. The first-order valence-electron chi connectivity index (χ1n) is 4.31.